The minimum atomic E-state index is -4.00. The molecule has 0 aliphatic carbocycles. The lowest BCUT2D eigenvalue weighted by molar-refractivity contribution is 0.0599. The lowest BCUT2D eigenvalue weighted by atomic mass is 10.1. The number of hydrogen-bond donors (Lipinski definition) is 0. The lowest BCUT2D eigenvalue weighted by Gasteiger charge is -2.14. The fourth-order valence-electron chi connectivity index (χ4n) is 1.46. The quantitative estimate of drug-likeness (QED) is 0.533. The van der Waals surface area contributed by atoms with Gasteiger partial charge in [0, 0.05) is 5.56 Å². The molecule has 0 spiro atoms. The Morgan fingerprint density at radius 2 is 2.12 bits per heavy atom. The first kappa shape index (κ1) is 11.6. The number of esters is 1. The van der Waals surface area contributed by atoms with Crippen LogP contribution < -0.4 is 4.18 Å². The SMILES string of the molecule is COC(=O)c1cc2ccc1OS(=O)(=O)CC2=O. The molecule has 0 radical (unpaired) electrons. The summed E-state index contributed by atoms with van der Waals surface area (Å²) < 4.78 is 31.9. The number of fused-ring (bicyclic) bond motifs is 5. The number of benzene rings is 1. The Morgan fingerprint density at radius 3 is 2.76 bits per heavy atom. The van der Waals surface area contributed by atoms with Gasteiger partial charge in [0.25, 0.3) is 0 Å². The molecular weight excluding hydrogens is 248 g/mol. The van der Waals surface area contributed by atoms with Gasteiger partial charge in [0.15, 0.2) is 11.5 Å². The molecule has 0 saturated carbocycles. The third-order valence-electron chi connectivity index (χ3n) is 2.23. The second-order valence-corrected chi connectivity index (χ2v) is 4.98. The first-order chi connectivity index (χ1) is 7.93. The molecule has 0 aromatic heterocycles. The first-order valence-electron chi connectivity index (χ1n) is 4.61. The van der Waals surface area contributed by atoms with Crippen molar-refractivity contribution in [2.75, 3.05) is 12.9 Å². The molecule has 0 unspecified atom stereocenters. The van der Waals surface area contributed by atoms with Crippen LogP contribution in [0.1, 0.15) is 20.7 Å². The van der Waals surface area contributed by atoms with Gasteiger partial charge in [-0.15, -0.1) is 0 Å². The Balaban J connectivity index is 2.65. The Labute approximate surface area is 97.3 Å². The maximum absolute atomic E-state index is 11.5. The van der Waals surface area contributed by atoms with Crippen molar-refractivity contribution in [3.8, 4) is 5.75 Å². The molecule has 2 bridgehead atoms. The van der Waals surface area contributed by atoms with E-state index in [2.05, 4.69) is 8.92 Å². The normalized spacial score (nSPS) is 16.9. The van der Waals surface area contributed by atoms with Gasteiger partial charge in [-0.1, -0.05) is 0 Å². The molecule has 3 rings (SSSR count). The van der Waals surface area contributed by atoms with Crippen molar-refractivity contribution in [1.82, 2.24) is 0 Å². The zero-order valence-electron chi connectivity index (χ0n) is 8.80. The van der Waals surface area contributed by atoms with Gasteiger partial charge in [-0.05, 0) is 18.2 Å². The molecule has 17 heavy (non-hydrogen) atoms. The summed E-state index contributed by atoms with van der Waals surface area (Å²) in [6.45, 7) is 0. The molecule has 0 N–H and O–H groups in total. The molecule has 1 aromatic rings. The molecule has 0 atom stereocenters. The van der Waals surface area contributed by atoms with Crippen LogP contribution in [0, 0.1) is 0 Å². The summed E-state index contributed by atoms with van der Waals surface area (Å²) in [6.07, 6.45) is 0. The second kappa shape index (κ2) is 3.85. The van der Waals surface area contributed by atoms with Gasteiger partial charge in [-0.2, -0.15) is 8.42 Å². The maximum Gasteiger partial charge on any atom is 0.341 e. The molecule has 0 saturated heterocycles. The summed E-state index contributed by atoms with van der Waals surface area (Å²) in [5.41, 5.74) is 0.0580. The molecule has 1 aromatic carbocycles. The van der Waals surface area contributed by atoms with Crippen molar-refractivity contribution < 1.29 is 26.9 Å². The highest BCUT2D eigenvalue weighted by molar-refractivity contribution is 7.87. The molecule has 0 fully saturated rings. The summed E-state index contributed by atoms with van der Waals surface area (Å²) in [5.74, 6) is -2.25. The number of Topliss-reactive ketones (excluding diaryl/α,β-unsaturated/α-hetero) is 1. The predicted octanol–water partition coefficient (Wildman–Crippen LogP) is 0.378. The highest BCUT2D eigenvalue weighted by atomic mass is 32.2. The monoisotopic (exact) mass is 256 g/mol. The van der Waals surface area contributed by atoms with E-state index in [4.69, 9.17) is 0 Å². The summed E-state index contributed by atoms with van der Waals surface area (Å²) in [7, 11) is -2.85. The van der Waals surface area contributed by atoms with Crippen molar-refractivity contribution in [2.24, 2.45) is 0 Å². The van der Waals surface area contributed by atoms with Crippen molar-refractivity contribution in [2.45, 2.75) is 0 Å². The highest BCUT2D eigenvalue weighted by Gasteiger charge is 2.28. The standard InChI is InChI=1S/C10H8O6S/c1-15-10(12)7-4-6-2-3-9(7)16-17(13,14)5-8(6)11/h2-4H,5H2,1H3. The van der Waals surface area contributed by atoms with Crippen molar-refractivity contribution in [3.05, 3.63) is 29.3 Å². The Bertz CT molecular complexity index is 601. The van der Waals surface area contributed by atoms with E-state index in [1.807, 2.05) is 0 Å². The van der Waals surface area contributed by atoms with Gasteiger partial charge in [-0.25, -0.2) is 4.79 Å². The number of hydrogen-bond acceptors (Lipinski definition) is 6. The fourth-order valence-corrected chi connectivity index (χ4v) is 2.42. The average molecular weight is 256 g/mol. The number of ether oxygens (including phenoxy) is 1. The average Bonchev–Trinajstić information content (AvgIpc) is 2.25. The number of carbonyl (C=O) groups is 2. The molecular formula is C10H8O6S. The summed E-state index contributed by atoms with van der Waals surface area (Å²) in [4.78, 5) is 22.9. The Hall–Kier alpha value is -1.89. The maximum atomic E-state index is 11.5. The number of carbonyl (C=O) groups excluding carboxylic acids is 2. The Kier molecular flexibility index (Phi) is 2.62. The van der Waals surface area contributed by atoms with Crippen LogP contribution in [0.5, 0.6) is 5.75 Å². The molecule has 2 heterocycles. The molecule has 7 heteroatoms. The molecule has 2 aliphatic rings. The smallest absolute Gasteiger partial charge is 0.341 e. The fraction of sp³-hybridized carbons (Fsp3) is 0.200. The van der Waals surface area contributed by atoms with Crippen molar-refractivity contribution in [3.63, 3.8) is 0 Å². The van der Waals surface area contributed by atoms with Crippen LogP contribution in [0.4, 0.5) is 0 Å². The van der Waals surface area contributed by atoms with E-state index in [-0.39, 0.29) is 16.9 Å². The topological polar surface area (TPSA) is 86.7 Å². The van der Waals surface area contributed by atoms with Crippen LogP contribution in [0.25, 0.3) is 0 Å². The summed E-state index contributed by atoms with van der Waals surface area (Å²) >= 11 is 0. The third-order valence-corrected chi connectivity index (χ3v) is 3.28. The minimum Gasteiger partial charge on any atom is -0.465 e. The van der Waals surface area contributed by atoms with Gasteiger partial charge in [-0.3, -0.25) is 4.79 Å². The van der Waals surface area contributed by atoms with E-state index >= 15 is 0 Å². The van der Waals surface area contributed by atoms with Crippen LogP contribution in [-0.4, -0.2) is 33.0 Å². The van der Waals surface area contributed by atoms with E-state index in [1.54, 1.807) is 0 Å². The van der Waals surface area contributed by atoms with E-state index in [0.717, 1.165) is 7.11 Å². The van der Waals surface area contributed by atoms with Crippen molar-refractivity contribution in [1.29, 1.82) is 0 Å². The largest absolute Gasteiger partial charge is 0.465 e. The third kappa shape index (κ3) is 2.14. The zero-order chi connectivity index (χ0) is 12.6. The minimum absolute atomic E-state index is 0.0818. The highest BCUT2D eigenvalue weighted by Crippen LogP contribution is 2.25. The van der Waals surface area contributed by atoms with Crippen molar-refractivity contribution >= 4 is 21.9 Å². The van der Waals surface area contributed by atoms with Gasteiger partial charge in [0.2, 0.25) is 0 Å². The molecule has 2 aliphatic heterocycles. The van der Waals surface area contributed by atoms with E-state index in [1.165, 1.54) is 18.2 Å². The van der Waals surface area contributed by atoms with E-state index in [0.29, 0.717) is 0 Å². The molecule has 90 valence electrons. The number of rotatable bonds is 1. The van der Waals surface area contributed by atoms with Crippen LogP contribution in [-0.2, 0) is 14.9 Å². The second-order valence-electron chi connectivity index (χ2n) is 3.41. The van der Waals surface area contributed by atoms with Crippen LogP contribution in [0.3, 0.4) is 0 Å². The van der Waals surface area contributed by atoms with Gasteiger partial charge >= 0.3 is 16.1 Å². The van der Waals surface area contributed by atoms with Crippen LogP contribution in [0.2, 0.25) is 0 Å². The van der Waals surface area contributed by atoms with Gasteiger partial charge in [0.05, 0.1) is 7.11 Å². The van der Waals surface area contributed by atoms with Crippen LogP contribution in [0.15, 0.2) is 18.2 Å². The predicted molar refractivity (Wildman–Crippen MR) is 56.5 cm³/mol. The molecule has 6 nitrogen and oxygen atoms in total. The van der Waals surface area contributed by atoms with E-state index < -0.39 is 27.6 Å². The summed E-state index contributed by atoms with van der Waals surface area (Å²) in [5, 5.41) is 0. The Morgan fingerprint density at radius 1 is 1.41 bits per heavy atom. The zero-order valence-corrected chi connectivity index (χ0v) is 9.61. The number of methoxy groups -OCH3 is 1. The first-order valence-corrected chi connectivity index (χ1v) is 6.18. The number of ketones is 1. The van der Waals surface area contributed by atoms with Gasteiger partial charge < -0.3 is 8.92 Å². The summed E-state index contributed by atoms with van der Waals surface area (Å²) in [6, 6.07) is 3.92. The van der Waals surface area contributed by atoms with E-state index in [9.17, 15) is 18.0 Å². The lowest BCUT2D eigenvalue weighted by Crippen LogP contribution is -2.25. The van der Waals surface area contributed by atoms with Crippen LogP contribution >= 0.6 is 0 Å². The van der Waals surface area contributed by atoms with Gasteiger partial charge in [0.1, 0.15) is 11.3 Å². The molecule has 0 amide bonds.